The molecule has 5 nitrogen and oxygen atoms in total. The van der Waals surface area contributed by atoms with Crippen LogP contribution >= 0.6 is 0 Å². The van der Waals surface area contributed by atoms with Crippen LogP contribution in [0.5, 0.6) is 0 Å². The minimum absolute atomic E-state index is 0.148. The number of nitrogens with one attached hydrogen (secondary N) is 1. The van der Waals surface area contributed by atoms with E-state index in [1.165, 1.54) is 12.8 Å². The second kappa shape index (κ2) is 6.30. The maximum atomic E-state index is 13.1. The molecule has 0 aliphatic carbocycles. The second-order valence-electron chi connectivity index (χ2n) is 7.65. The number of aromatic nitrogens is 2. The largest absolute Gasteiger partial charge is 0.338 e. The summed E-state index contributed by atoms with van der Waals surface area (Å²) in [5, 5.41) is 8.01. The number of carbonyl (C=O) groups is 1. The number of likely N-dealkylation sites (tertiary alicyclic amines) is 1. The summed E-state index contributed by atoms with van der Waals surface area (Å²) in [6.45, 7) is 7.89. The summed E-state index contributed by atoms with van der Waals surface area (Å²) in [5.41, 5.74) is 4.07. The lowest BCUT2D eigenvalue weighted by molar-refractivity contribution is 0.0553. The van der Waals surface area contributed by atoms with Gasteiger partial charge in [-0.1, -0.05) is 6.07 Å². The second-order valence-corrected chi connectivity index (χ2v) is 7.65. The third kappa shape index (κ3) is 3.09. The molecule has 0 saturated carbocycles. The zero-order valence-corrected chi connectivity index (χ0v) is 15.1. The van der Waals surface area contributed by atoms with Crippen LogP contribution < -0.4 is 5.32 Å². The zero-order valence-electron chi connectivity index (χ0n) is 15.1. The van der Waals surface area contributed by atoms with Gasteiger partial charge < -0.3 is 10.2 Å². The number of hydrogen-bond donors (Lipinski definition) is 1. The van der Waals surface area contributed by atoms with Crippen LogP contribution in [-0.2, 0) is 0 Å². The molecule has 2 saturated heterocycles. The first kappa shape index (κ1) is 16.3. The molecule has 3 heterocycles. The summed E-state index contributed by atoms with van der Waals surface area (Å²) in [4.78, 5) is 15.1. The summed E-state index contributed by atoms with van der Waals surface area (Å²) in [7, 11) is 0. The number of nitrogens with zero attached hydrogens (tertiary/aromatic N) is 3. The number of carbonyl (C=O) groups excluding carboxylic acids is 1. The number of rotatable bonds is 2. The Morgan fingerprint density at radius 3 is 2.84 bits per heavy atom. The Hall–Kier alpha value is -2.14. The molecular formula is C20H26N4O. The van der Waals surface area contributed by atoms with E-state index in [9.17, 15) is 4.79 Å². The first-order valence-corrected chi connectivity index (χ1v) is 9.20. The van der Waals surface area contributed by atoms with Gasteiger partial charge in [0.05, 0.1) is 11.4 Å². The van der Waals surface area contributed by atoms with E-state index < -0.39 is 0 Å². The van der Waals surface area contributed by atoms with Crippen LogP contribution in [0.25, 0.3) is 5.69 Å². The Labute approximate surface area is 149 Å². The minimum Gasteiger partial charge on any atom is -0.338 e. The topological polar surface area (TPSA) is 50.2 Å². The number of piperidine rings is 1. The molecule has 2 aromatic rings. The van der Waals surface area contributed by atoms with Crippen LogP contribution in [0.3, 0.4) is 0 Å². The molecule has 0 radical (unpaired) electrons. The molecule has 4 rings (SSSR count). The Kier molecular flexibility index (Phi) is 4.12. The van der Waals surface area contributed by atoms with Gasteiger partial charge in [0.25, 0.3) is 5.91 Å². The first-order chi connectivity index (χ1) is 12.1. The molecular weight excluding hydrogens is 312 g/mol. The summed E-state index contributed by atoms with van der Waals surface area (Å²) in [6, 6.07) is 9.91. The van der Waals surface area contributed by atoms with Gasteiger partial charge >= 0.3 is 0 Å². The Bertz CT molecular complexity index is 789. The minimum atomic E-state index is 0.148. The van der Waals surface area contributed by atoms with Crippen molar-refractivity contribution in [1.29, 1.82) is 0 Å². The van der Waals surface area contributed by atoms with E-state index in [1.807, 2.05) is 42.8 Å². The monoisotopic (exact) mass is 338 g/mol. The fourth-order valence-electron chi connectivity index (χ4n) is 4.37. The highest BCUT2D eigenvalue weighted by molar-refractivity contribution is 5.94. The van der Waals surface area contributed by atoms with Gasteiger partial charge in [0, 0.05) is 36.3 Å². The van der Waals surface area contributed by atoms with E-state index in [0.29, 0.717) is 5.41 Å². The number of aryl methyl sites for hydroxylation is 2. The third-order valence-electron chi connectivity index (χ3n) is 5.63. The molecule has 1 atom stereocenters. The van der Waals surface area contributed by atoms with Crippen LogP contribution in [0, 0.1) is 19.3 Å². The van der Waals surface area contributed by atoms with Crippen molar-refractivity contribution in [3.8, 4) is 5.69 Å². The lowest BCUT2D eigenvalue weighted by Gasteiger charge is -2.40. The Balaban J connectivity index is 1.58. The lowest BCUT2D eigenvalue weighted by Crippen LogP contribution is -2.47. The van der Waals surface area contributed by atoms with Crippen molar-refractivity contribution in [2.24, 2.45) is 5.41 Å². The molecule has 1 aromatic carbocycles. The number of hydrogen-bond acceptors (Lipinski definition) is 3. The van der Waals surface area contributed by atoms with Gasteiger partial charge in [0.1, 0.15) is 0 Å². The Morgan fingerprint density at radius 1 is 1.24 bits per heavy atom. The van der Waals surface area contributed by atoms with Crippen LogP contribution in [0.1, 0.15) is 41.0 Å². The predicted octanol–water partition coefficient (Wildman–Crippen LogP) is 2.70. The highest BCUT2D eigenvalue weighted by atomic mass is 16.2. The molecule has 1 N–H and O–H groups in total. The number of amides is 1. The fourth-order valence-corrected chi connectivity index (χ4v) is 4.37. The average Bonchev–Trinajstić information content (AvgIpc) is 3.20. The average molecular weight is 338 g/mol. The molecule has 2 aliphatic heterocycles. The van der Waals surface area contributed by atoms with Gasteiger partial charge in [-0.25, -0.2) is 4.68 Å². The SMILES string of the molecule is Cc1cc(C)n(-c2cccc(C(=O)N3CCCC4(CCNC4)C3)c2)n1. The molecule has 2 aliphatic rings. The molecule has 2 fully saturated rings. The molecule has 1 spiro atoms. The highest BCUT2D eigenvalue weighted by Crippen LogP contribution is 2.36. The van der Waals surface area contributed by atoms with Crippen LogP contribution in [0.2, 0.25) is 0 Å². The summed E-state index contributed by atoms with van der Waals surface area (Å²) < 4.78 is 1.91. The van der Waals surface area contributed by atoms with Crippen molar-refractivity contribution in [3.63, 3.8) is 0 Å². The van der Waals surface area contributed by atoms with Gasteiger partial charge in [0.2, 0.25) is 0 Å². The van der Waals surface area contributed by atoms with Crippen molar-refractivity contribution in [2.75, 3.05) is 26.2 Å². The fraction of sp³-hybridized carbons (Fsp3) is 0.500. The van der Waals surface area contributed by atoms with E-state index in [4.69, 9.17) is 0 Å². The number of benzene rings is 1. The molecule has 25 heavy (non-hydrogen) atoms. The van der Waals surface area contributed by atoms with E-state index in [0.717, 1.165) is 55.2 Å². The normalized spacial score (nSPS) is 23.4. The van der Waals surface area contributed by atoms with E-state index in [1.54, 1.807) is 0 Å². The lowest BCUT2D eigenvalue weighted by atomic mass is 9.79. The van der Waals surface area contributed by atoms with Gasteiger partial charge in [-0.15, -0.1) is 0 Å². The maximum Gasteiger partial charge on any atom is 0.253 e. The third-order valence-corrected chi connectivity index (χ3v) is 5.63. The van der Waals surface area contributed by atoms with E-state index >= 15 is 0 Å². The van der Waals surface area contributed by atoms with Crippen molar-refractivity contribution in [1.82, 2.24) is 20.0 Å². The maximum absolute atomic E-state index is 13.1. The van der Waals surface area contributed by atoms with Crippen molar-refractivity contribution < 1.29 is 4.79 Å². The summed E-state index contributed by atoms with van der Waals surface area (Å²) in [6.07, 6.45) is 3.52. The molecule has 5 heteroatoms. The van der Waals surface area contributed by atoms with Crippen molar-refractivity contribution >= 4 is 5.91 Å². The van der Waals surface area contributed by atoms with Gasteiger partial charge in [-0.3, -0.25) is 4.79 Å². The molecule has 1 aromatic heterocycles. The van der Waals surface area contributed by atoms with Crippen LogP contribution in [-0.4, -0.2) is 46.8 Å². The van der Waals surface area contributed by atoms with E-state index in [2.05, 4.69) is 21.4 Å². The summed E-state index contributed by atoms with van der Waals surface area (Å²) in [5.74, 6) is 0.148. The van der Waals surface area contributed by atoms with Crippen LogP contribution in [0.4, 0.5) is 0 Å². The van der Waals surface area contributed by atoms with Gasteiger partial charge in [-0.05, 0) is 63.9 Å². The Morgan fingerprint density at radius 2 is 2.12 bits per heavy atom. The van der Waals surface area contributed by atoms with Crippen molar-refractivity contribution in [3.05, 3.63) is 47.3 Å². The zero-order chi connectivity index (χ0) is 17.4. The van der Waals surface area contributed by atoms with Crippen molar-refractivity contribution in [2.45, 2.75) is 33.1 Å². The van der Waals surface area contributed by atoms with E-state index in [-0.39, 0.29) is 5.91 Å². The van der Waals surface area contributed by atoms with Gasteiger partial charge in [0.15, 0.2) is 0 Å². The first-order valence-electron chi connectivity index (χ1n) is 9.20. The predicted molar refractivity (Wildman–Crippen MR) is 98.1 cm³/mol. The summed E-state index contributed by atoms with van der Waals surface area (Å²) >= 11 is 0. The highest BCUT2D eigenvalue weighted by Gasteiger charge is 2.39. The molecule has 1 amide bonds. The van der Waals surface area contributed by atoms with Gasteiger partial charge in [-0.2, -0.15) is 5.10 Å². The standard InChI is InChI=1S/C20H26N4O/c1-15-11-16(2)24(22-15)18-6-3-5-17(12-18)19(25)23-10-4-7-20(14-23)8-9-21-13-20/h3,5-6,11-12,21H,4,7-10,13-14H2,1-2H3. The van der Waals surface area contributed by atoms with Crippen LogP contribution in [0.15, 0.2) is 30.3 Å². The molecule has 1 unspecified atom stereocenters. The molecule has 132 valence electrons. The quantitative estimate of drug-likeness (QED) is 0.916. The smallest absolute Gasteiger partial charge is 0.253 e. The molecule has 0 bridgehead atoms.